The summed E-state index contributed by atoms with van der Waals surface area (Å²) in [6.45, 7) is 4.28. The molecule has 1 atom stereocenters. The lowest BCUT2D eigenvalue weighted by Gasteiger charge is -1.91. The van der Waals surface area contributed by atoms with E-state index < -0.39 is 0 Å². The molecule has 0 amide bonds. The fourth-order valence-electron chi connectivity index (χ4n) is 0.340. The molecule has 40 valence electrons. The SMILES string of the molecule is C=COCC1CS1. The summed E-state index contributed by atoms with van der Waals surface area (Å²) in [4.78, 5) is 0. The molecule has 1 rings (SSSR count). The van der Waals surface area contributed by atoms with Crippen LogP contribution in [0.25, 0.3) is 0 Å². The number of hydrogen-bond donors (Lipinski definition) is 0. The summed E-state index contributed by atoms with van der Waals surface area (Å²) in [5, 5.41) is 0.776. The van der Waals surface area contributed by atoms with Crippen LogP contribution in [-0.2, 0) is 4.74 Å². The van der Waals surface area contributed by atoms with Crippen molar-refractivity contribution >= 4 is 11.8 Å². The van der Waals surface area contributed by atoms with E-state index in [1.165, 1.54) is 12.0 Å². The lowest BCUT2D eigenvalue weighted by Crippen LogP contribution is -1.92. The molecule has 1 aliphatic rings. The Balaban J connectivity index is 1.88. The third-order valence-electron chi connectivity index (χ3n) is 0.802. The first kappa shape index (κ1) is 5.04. The minimum Gasteiger partial charge on any atom is -0.501 e. The van der Waals surface area contributed by atoms with Gasteiger partial charge in [0.2, 0.25) is 0 Å². The minimum atomic E-state index is 0.776. The van der Waals surface area contributed by atoms with Crippen molar-refractivity contribution in [3.05, 3.63) is 12.8 Å². The van der Waals surface area contributed by atoms with Gasteiger partial charge in [0.1, 0.15) is 0 Å². The van der Waals surface area contributed by atoms with Gasteiger partial charge in [-0.25, -0.2) is 0 Å². The molecule has 1 nitrogen and oxygen atoms in total. The molecule has 0 saturated carbocycles. The van der Waals surface area contributed by atoms with Gasteiger partial charge in [-0.2, -0.15) is 11.8 Å². The molecule has 2 heteroatoms. The summed E-state index contributed by atoms with van der Waals surface area (Å²) in [6.07, 6.45) is 1.50. The van der Waals surface area contributed by atoms with Gasteiger partial charge in [0, 0.05) is 11.0 Å². The average molecular weight is 116 g/mol. The first-order chi connectivity index (χ1) is 3.43. The Morgan fingerprint density at radius 3 is 3.14 bits per heavy atom. The Hall–Kier alpha value is -0.110. The van der Waals surface area contributed by atoms with E-state index in [1.54, 1.807) is 0 Å². The molecule has 0 spiro atoms. The summed E-state index contributed by atoms with van der Waals surface area (Å²) < 4.78 is 4.90. The summed E-state index contributed by atoms with van der Waals surface area (Å²) >= 11 is 1.94. The van der Waals surface area contributed by atoms with E-state index >= 15 is 0 Å². The second-order valence-electron chi connectivity index (χ2n) is 1.46. The second-order valence-corrected chi connectivity index (χ2v) is 2.79. The summed E-state index contributed by atoms with van der Waals surface area (Å²) in [5.41, 5.74) is 0. The quantitative estimate of drug-likeness (QED) is 0.405. The molecule has 1 heterocycles. The van der Waals surface area contributed by atoms with E-state index in [-0.39, 0.29) is 0 Å². The van der Waals surface area contributed by atoms with Crippen LogP contribution in [0.5, 0.6) is 0 Å². The molecule has 1 unspecified atom stereocenters. The predicted molar refractivity (Wildman–Crippen MR) is 32.4 cm³/mol. The highest BCUT2D eigenvalue weighted by atomic mass is 32.2. The number of thioether (sulfide) groups is 1. The molecular formula is C5H8OS. The zero-order valence-electron chi connectivity index (χ0n) is 4.09. The van der Waals surface area contributed by atoms with Crippen molar-refractivity contribution < 1.29 is 4.74 Å². The highest BCUT2D eigenvalue weighted by molar-refractivity contribution is 8.06. The van der Waals surface area contributed by atoms with Crippen LogP contribution in [0.4, 0.5) is 0 Å². The molecule has 7 heavy (non-hydrogen) atoms. The largest absolute Gasteiger partial charge is 0.501 e. The van der Waals surface area contributed by atoms with Crippen molar-refractivity contribution in [2.24, 2.45) is 0 Å². The summed E-state index contributed by atoms with van der Waals surface area (Å²) in [7, 11) is 0. The van der Waals surface area contributed by atoms with Gasteiger partial charge in [0.05, 0.1) is 12.9 Å². The topological polar surface area (TPSA) is 9.23 Å². The molecule has 0 aromatic rings. The van der Waals surface area contributed by atoms with Gasteiger partial charge >= 0.3 is 0 Å². The maximum Gasteiger partial charge on any atom is 0.0999 e. The van der Waals surface area contributed by atoms with Gasteiger partial charge in [0.25, 0.3) is 0 Å². The minimum absolute atomic E-state index is 0.776. The number of rotatable bonds is 3. The van der Waals surface area contributed by atoms with Gasteiger partial charge in [-0.15, -0.1) is 0 Å². The molecule has 1 fully saturated rings. The smallest absolute Gasteiger partial charge is 0.0999 e. The lowest BCUT2D eigenvalue weighted by molar-refractivity contribution is 0.262. The molecule has 0 aromatic heterocycles. The van der Waals surface area contributed by atoms with Crippen molar-refractivity contribution in [3.63, 3.8) is 0 Å². The lowest BCUT2D eigenvalue weighted by atomic mass is 10.5. The Bertz CT molecular complexity index is 68.5. The van der Waals surface area contributed by atoms with E-state index in [2.05, 4.69) is 6.58 Å². The van der Waals surface area contributed by atoms with Crippen molar-refractivity contribution in [2.75, 3.05) is 12.4 Å². The van der Waals surface area contributed by atoms with Gasteiger partial charge in [-0.1, -0.05) is 6.58 Å². The first-order valence-corrected chi connectivity index (χ1v) is 3.32. The summed E-state index contributed by atoms with van der Waals surface area (Å²) in [5.74, 6) is 1.27. The van der Waals surface area contributed by atoms with E-state index in [9.17, 15) is 0 Å². The molecule has 0 radical (unpaired) electrons. The zero-order chi connectivity index (χ0) is 5.11. The normalized spacial score (nSPS) is 26.6. The molecule has 0 N–H and O–H groups in total. The molecule has 0 aliphatic carbocycles. The van der Waals surface area contributed by atoms with Gasteiger partial charge in [-0.3, -0.25) is 0 Å². The Kier molecular flexibility index (Phi) is 1.63. The molecule has 0 bridgehead atoms. The summed E-state index contributed by atoms with van der Waals surface area (Å²) in [6, 6.07) is 0. The van der Waals surface area contributed by atoms with Crippen LogP contribution < -0.4 is 0 Å². The maximum atomic E-state index is 4.90. The van der Waals surface area contributed by atoms with Crippen LogP contribution in [0.2, 0.25) is 0 Å². The highest BCUT2D eigenvalue weighted by Gasteiger charge is 2.21. The third-order valence-corrected chi connectivity index (χ3v) is 1.74. The van der Waals surface area contributed by atoms with Crippen LogP contribution in [0.15, 0.2) is 12.8 Å². The van der Waals surface area contributed by atoms with E-state index in [1.807, 2.05) is 11.8 Å². The van der Waals surface area contributed by atoms with E-state index in [0.717, 1.165) is 11.9 Å². The van der Waals surface area contributed by atoms with Crippen LogP contribution in [-0.4, -0.2) is 17.6 Å². The number of hydrogen-bond acceptors (Lipinski definition) is 2. The maximum absolute atomic E-state index is 4.90. The fraction of sp³-hybridized carbons (Fsp3) is 0.600. The van der Waals surface area contributed by atoms with Crippen molar-refractivity contribution in [1.29, 1.82) is 0 Å². The molecule has 0 aromatic carbocycles. The predicted octanol–water partition coefficient (Wildman–Crippen LogP) is 1.26. The molecule has 1 aliphatic heterocycles. The van der Waals surface area contributed by atoms with Crippen LogP contribution >= 0.6 is 11.8 Å². The van der Waals surface area contributed by atoms with Gasteiger partial charge in [-0.05, 0) is 0 Å². The average Bonchev–Trinajstić information content (AvgIpc) is 2.42. The first-order valence-electron chi connectivity index (χ1n) is 2.27. The molecular weight excluding hydrogens is 108 g/mol. The van der Waals surface area contributed by atoms with Crippen molar-refractivity contribution in [1.82, 2.24) is 0 Å². The van der Waals surface area contributed by atoms with Crippen molar-refractivity contribution in [2.45, 2.75) is 5.25 Å². The fourth-order valence-corrected chi connectivity index (χ4v) is 0.747. The second kappa shape index (κ2) is 2.26. The highest BCUT2D eigenvalue weighted by Crippen LogP contribution is 2.29. The molecule has 1 saturated heterocycles. The van der Waals surface area contributed by atoms with Crippen LogP contribution in [0, 0.1) is 0 Å². The van der Waals surface area contributed by atoms with E-state index in [0.29, 0.717) is 0 Å². The van der Waals surface area contributed by atoms with E-state index in [4.69, 9.17) is 4.74 Å². The van der Waals surface area contributed by atoms with Crippen LogP contribution in [0.3, 0.4) is 0 Å². The zero-order valence-corrected chi connectivity index (χ0v) is 4.91. The van der Waals surface area contributed by atoms with Gasteiger partial charge < -0.3 is 4.74 Å². The van der Waals surface area contributed by atoms with Crippen molar-refractivity contribution in [3.8, 4) is 0 Å². The number of ether oxygens (including phenoxy) is 1. The Labute approximate surface area is 47.7 Å². The third kappa shape index (κ3) is 1.88. The Morgan fingerprint density at radius 1 is 2.00 bits per heavy atom. The standard InChI is InChI=1S/C5H8OS/c1-2-6-3-5-4-7-5/h2,5H,1,3-4H2. The monoisotopic (exact) mass is 116 g/mol. The van der Waals surface area contributed by atoms with Gasteiger partial charge in [0.15, 0.2) is 0 Å². The van der Waals surface area contributed by atoms with Crippen LogP contribution in [0.1, 0.15) is 0 Å². The Morgan fingerprint density at radius 2 is 2.71 bits per heavy atom.